The summed E-state index contributed by atoms with van der Waals surface area (Å²) in [6, 6.07) is 11.7. The number of halogens is 1. The molecule has 4 atom stereocenters. The lowest BCUT2D eigenvalue weighted by atomic mass is 10.0. The molecule has 2 aromatic rings. The highest BCUT2D eigenvalue weighted by Gasteiger charge is 2.40. The van der Waals surface area contributed by atoms with Crippen molar-refractivity contribution in [3.05, 3.63) is 65.5 Å². The molecule has 1 aliphatic heterocycles. The van der Waals surface area contributed by atoms with Gasteiger partial charge in [0.2, 0.25) is 17.7 Å². The normalized spacial score (nSPS) is 26.8. The second-order valence-corrected chi connectivity index (χ2v) is 11.8. The number of nitrogens with one attached hydrogen (secondary N) is 4. The zero-order valence-corrected chi connectivity index (χ0v) is 23.7. The SMILES string of the molecule is C[C@H]1COc2ccccc2CCCNC(=O)[C@H](CC2CC2)NC(=O)[C@@H](C2CC2)NC(=O)[C@@H](Cc2cccc(F)c2)N1. The van der Waals surface area contributed by atoms with Crippen molar-refractivity contribution in [2.75, 3.05) is 13.2 Å². The van der Waals surface area contributed by atoms with Crippen LogP contribution >= 0.6 is 0 Å². The Kier molecular flexibility index (Phi) is 9.54. The van der Waals surface area contributed by atoms with Crippen LogP contribution in [-0.2, 0) is 27.2 Å². The predicted octanol–water partition coefficient (Wildman–Crippen LogP) is 3.04. The van der Waals surface area contributed by atoms with Crippen LogP contribution in [-0.4, -0.2) is 55.0 Å². The van der Waals surface area contributed by atoms with E-state index in [-0.39, 0.29) is 41.9 Å². The van der Waals surface area contributed by atoms with Gasteiger partial charge in [0.05, 0.1) is 6.04 Å². The molecule has 0 saturated heterocycles. The van der Waals surface area contributed by atoms with Crippen LogP contribution in [0.4, 0.5) is 4.39 Å². The summed E-state index contributed by atoms with van der Waals surface area (Å²) < 4.78 is 20.1. The molecule has 3 aliphatic rings. The number of carbonyl (C=O) groups excluding carboxylic acids is 3. The Morgan fingerprint density at radius 2 is 1.71 bits per heavy atom. The predicted molar refractivity (Wildman–Crippen MR) is 154 cm³/mol. The van der Waals surface area contributed by atoms with Gasteiger partial charge in [0.15, 0.2) is 0 Å². The summed E-state index contributed by atoms with van der Waals surface area (Å²) in [5, 5.41) is 12.3. The molecule has 0 aromatic heterocycles. The van der Waals surface area contributed by atoms with Gasteiger partial charge in [-0.1, -0.05) is 43.2 Å². The quantitative estimate of drug-likeness (QED) is 0.447. The second kappa shape index (κ2) is 13.5. The first kappa shape index (κ1) is 29.0. The van der Waals surface area contributed by atoms with Crippen LogP contribution in [0.2, 0.25) is 0 Å². The summed E-state index contributed by atoms with van der Waals surface area (Å²) in [6.07, 6.45) is 6.10. The summed E-state index contributed by atoms with van der Waals surface area (Å²) in [7, 11) is 0. The summed E-state index contributed by atoms with van der Waals surface area (Å²) in [4.78, 5) is 40.4. The van der Waals surface area contributed by atoms with Crippen molar-refractivity contribution in [2.45, 2.75) is 82.5 Å². The number of aryl methyl sites for hydroxylation is 1. The van der Waals surface area contributed by atoms with Crippen LogP contribution < -0.4 is 26.0 Å². The Labute approximate surface area is 241 Å². The van der Waals surface area contributed by atoms with E-state index >= 15 is 0 Å². The van der Waals surface area contributed by atoms with Gasteiger partial charge < -0.3 is 20.7 Å². The Balaban J connectivity index is 1.38. The molecule has 2 aromatic carbocycles. The van der Waals surface area contributed by atoms with E-state index in [1.807, 2.05) is 31.2 Å². The highest BCUT2D eigenvalue weighted by Crippen LogP contribution is 2.35. The minimum absolute atomic E-state index is 0.0289. The maximum Gasteiger partial charge on any atom is 0.243 e. The number of hydrogen-bond acceptors (Lipinski definition) is 5. The van der Waals surface area contributed by atoms with E-state index in [1.54, 1.807) is 12.1 Å². The Bertz CT molecular complexity index is 1230. The van der Waals surface area contributed by atoms with E-state index < -0.39 is 18.1 Å². The third-order valence-electron chi connectivity index (χ3n) is 8.09. The van der Waals surface area contributed by atoms with Crippen molar-refractivity contribution in [1.29, 1.82) is 0 Å². The first-order valence-corrected chi connectivity index (χ1v) is 15.0. The molecule has 1 heterocycles. The molecule has 220 valence electrons. The first-order valence-electron chi connectivity index (χ1n) is 15.0. The molecular weight excluding hydrogens is 523 g/mol. The summed E-state index contributed by atoms with van der Waals surface area (Å²) in [6.45, 7) is 2.75. The molecule has 9 heteroatoms. The molecule has 2 saturated carbocycles. The maximum absolute atomic E-state index is 14.0. The first-order chi connectivity index (χ1) is 19.9. The van der Waals surface area contributed by atoms with Crippen LogP contribution in [0.3, 0.4) is 0 Å². The van der Waals surface area contributed by atoms with Crippen LogP contribution in [0.5, 0.6) is 5.75 Å². The zero-order chi connectivity index (χ0) is 28.8. The standard InChI is InChI=1S/C32H41FN4O4/c1-20-19-41-28-10-3-2-7-23(28)8-5-15-34-30(38)26(17-21-11-12-21)36-32(40)29(24-13-14-24)37-31(39)27(35-20)18-22-6-4-9-25(33)16-22/h2-4,6-7,9-10,16,20-21,24,26-27,29,35H,5,8,11-15,17-19H2,1H3,(H,34,38)(H,36,40)(H,37,39)/t20-,26-,27+,29+/m0/s1. The maximum atomic E-state index is 14.0. The fraction of sp³-hybridized carbons (Fsp3) is 0.531. The molecule has 41 heavy (non-hydrogen) atoms. The third kappa shape index (κ3) is 8.52. The van der Waals surface area contributed by atoms with Crippen LogP contribution in [0.1, 0.15) is 56.6 Å². The van der Waals surface area contributed by atoms with Crippen molar-refractivity contribution in [3.8, 4) is 5.75 Å². The van der Waals surface area contributed by atoms with Crippen molar-refractivity contribution in [2.24, 2.45) is 11.8 Å². The highest BCUT2D eigenvalue weighted by molar-refractivity contribution is 5.93. The number of benzene rings is 2. The molecule has 8 nitrogen and oxygen atoms in total. The fourth-order valence-corrected chi connectivity index (χ4v) is 5.46. The zero-order valence-electron chi connectivity index (χ0n) is 23.7. The van der Waals surface area contributed by atoms with Crippen LogP contribution in [0.25, 0.3) is 0 Å². The molecule has 0 spiro atoms. The number of para-hydroxylation sites is 1. The van der Waals surface area contributed by atoms with Gasteiger partial charge in [-0.3, -0.25) is 19.7 Å². The molecule has 2 fully saturated rings. The average molecular weight is 565 g/mol. The van der Waals surface area contributed by atoms with Gasteiger partial charge in [0.25, 0.3) is 0 Å². The van der Waals surface area contributed by atoms with E-state index in [0.717, 1.165) is 49.8 Å². The largest absolute Gasteiger partial charge is 0.492 e. The molecule has 0 bridgehead atoms. The Morgan fingerprint density at radius 1 is 0.902 bits per heavy atom. The van der Waals surface area contributed by atoms with Gasteiger partial charge in [0.1, 0.15) is 30.3 Å². The second-order valence-electron chi connectivity index (χ2n) is 11.8. The topological polar surface area (TPSA) is 109 Å². The number of carbonyl (C=O) groups is 3. The molecule has 2 aliphatic carbocycles. The molecule has 0 radical (unpaired) electrons. The average Bonchev–Trinajstić information content (AvgIpc) is 3.88. The number of ether oxygens (including phenoxy) is 1. The van der Waals surface area contributed by atoms with E-state index in [2.05, 4.69) is 21.3 Å². The number of rotatable bonds is 5. The molecular formula is C32H41FN4O4. The molecule has 0 unspecified atom stereocenters. The van der Waals surface area contributed by atoms with Gasteiger partial charge in [-0.05, 0) is 86.6 Å². The smallest absolute Gasteiger partial charge is 0.243 e. The van der Waals surface area contributed by atoms with Gasteiger partial charge >= 0.3 is 0 Å². The number of fused-ring (bicyclic) bond motifs is 1. The summed E-state index contributed by atoms with van der Waals surface area (Å²) >= 11 is 0. The van der Waals surface area contributed by atoms with Crippen LogP contribution in [0.15, 0.2) is 48.5 Å². The minimum atomic E-state index is -0.730. The molecule has 3 amide bonds. The van der Waals surface area contributed by atoms with Crippen LogP contribution in [0, 0.1) is 17.7 Å². The lowest BCUT2D eigenvalue weighted by Gasteiger charge is -2.27. The lowest BCUT2D eigenvalue weighted by Crippen LogP contribution is -2.58. The minimum Gasteiger partial charge on any atom is -0.492 e. The third-order valence-corrected chi connectivity index (χ3v) is 8.09. The number of amides is 3. The fourth-order valence-electron chi connectivity index (χ4n) is 5.46. The van der Waals surface area contributed by atoms with Crippen molar-refractivity contribution >= 4 is 17.7 Å². The highest BCUT2D eigenvalue weighted by atomic mass is 19.1. The van der Waals surface area contributed by atoms with Gasteiger partial charge in [-0.15, -0.1) is 0 Å². The van der Waals surface area contributed by atoms with E-state index in [0.29, 0.717) is 31.1 Å². The molecule has 5 rings (SSSR count). The summed E-state index contributed by atoms with van der Waals surface area (Å²) in [5.74, 6) is 0.0231. The monoisotopic (exact) mass is 564 g/mol. The van der Waals surface area contributed by atoms with Gasteiger partial charge in [0, 0.05) is 12.6 Å². The van der Waals surface area contributed by atoms with Crippen molar-refractivity contribution in [1.82, 2.24) is 21.3 Å². The summed E-state index contributed by atoms with van der Waals surface area (Å²) in [5.41, 5.74) is 1.71. The number of hydrogen-bond donors (Lipinski definition) is 4. The van der Waals surface area contributed by atoms with Crippen molar-refractivity contribution in [3.63, 3.8) is 0 Å². The lowest BCUT2D eigenvalue weighted by molar-refractivity contribution is -0.133. The Morgan fingerprint density at radius 3 is 2.46 bits per heavy atom. The Hall–Kier alpha value is -3.46. The van der Waals surface area contributed by atoms with Gasteiger partial charge in [-0.2, -0.15) is 0 Å². The van der Waals surface area contributed by atoms with E-state index in [4.69, 9.17) is 4.74 Å². The molecule has 4 N–H and O–H groups in total. The van der Waals surface area contributed by atoms with Crippen molar-refractivity contribution < 1.29 is 23.5 Å². The van der Waals surface area contributed by atoms with E-state index in [1.165, 1.54) is 12.1 Å². The van der Waals surface area contributed by atoms with E-state index in [9.17, 15) is 18.8 Å². The van der Waals surface area contributed by atoms with Gasteiger partial charge in [-0.25, -0.2) is 4.39 Å².